The second-order valence-electron chi connectivity index (χ2n) is 6.00. The molecule has 0 bridgehead atoms. The lowest BCUT2D eigenvalue weighted by atomic mass is 10.1. The van der Waals surface area contributed by atoms with Crippen LogP contribution in [0.1, 0.15) is 5.56 Å². The van der Waals surface area contributed by atoms with Crippen LogP contribution >= 0.6 is 12.2 Å². The van der Waals surface area contributed by atoms with Crippen molar-refractivity contribution in [3.8, 4) is 5.75 Å². The van der Waals surface area contributed by atoms with Crippen LogP contribution in [-0.4, -0.2) is 23.3 Å². The maximum atomic E-state index is 5.40. The van der Waals surface area contributed by atoms with Crippen LogP contribution in [0, 0.1) is 4.77 Å². The summed E-state index contributed by atoms with van der Waals surface area (Å²) in [6.07, 6.45) is 4.04. The fraction of sp³-hybridized carbons (Fsp3) is 0.278. The van der Waals surface area contributed by atoms with E-state index in [2.05, 4.69) is 41.9 Å². The second-order valence-corrected chi connectivity index (χ2v) is 6.37. The molecule has 1 atom stereocenters. The van der Waals surface area contributed by atoms with Crippen LogP contribution < -0.4 is 9.64 Å². The Bertz CT molecular complexity index is 881. The van der Waals surface area contributed by atoms with Crippen molar-refractivity contribution in [2.45, 2.75) is 13.2 Å². The van der Waals surface area contributed by atoms with Crippen LogP contribution in [0.5, 0.6) is 5.75 Å². The predicted molar refractivity (Wildman–Crippen MR) is 95.3 cm³/mol. The largest absolute Gasteiger partial charge is 0.497 e. The van der Waals surface area contributed by atoms with Crippen molar-refractivity contribution in [2.24, 2.45) is 7.05 Å². The summed E-state index contributed by atoms with van der Waals surface area (Å²) in [5.74, 6) is 0.895. The molecule has 1 aromatic heterocycles. The fourth-order valence-electron chi connectivity index (χ4n) is 2.84. The number of nitrogens with zero attached hydrogens (tertiary/aromatic N) is 2. The number of rotatable bonds is 5. The van der Waals surface area contributed by atoms with E-state index in [1.165, 1.54) is 21.2 Å². The number of quaternary nitrogens is 1. The van der Waals surface area contributed by atoms with Gasteiger partial charge in [-0.1, -0.05) is 18.2 Å². The summed E-state index contributed by atoms with van der Waals surface area (Å²) in [6, 6.07) is 12.8. The zero-order chi connectivity index (χ0) is 16.4. The van der Waals surface area contributed by atoms with Gasteiger partial charge in [0.1, 0.15) is 12.3 Å². The Morgan fingerprint density at radius 2 is 1.83 bits per heavy atom. The first-order valence-electron chi connectivity index (χ1n) is 7.66. The second kappa shape index (κ2) is 6.56. The zero-order valence-corrected chi connectivity index (χ0v) is 14.6. The Morgan fingerprint density at radius 3 is 2.52 bits per heavy atom. The molecule has 0 saturated heterocycles. The zero-order valence-electron chi connectivity index (χ0n) is 13.7. The van der Waals surface area contributed by atoms with Crippen LogP contribution in [0.3, 0.4) is 0 Å². The van der Waals surface area contributed by atoms with E-state index in [4.69, 9.17) is 17.0 Å². The van der Waals surface area contributed by atoms with Crippen molar-refractivity contribution in [3.05, 3.63) is 59.1 Å². The molecule has 1 N–H and O–H groups in total. The third kappa shape index (κ3) is 3.46. The average Bonchev–Trinajstić information content (AvgIpc) is 2.86. The normalized spacial score (nSPS) is 12.5. The summed E-state index contributed by atoms with van der Waals surface area (Å²) in [5, 5.41) is 2.45. The van der Waals surface area contributed by atoms with E-state index in [1.807, 2.05) is 30.1 Å². The summed E-state index contributed by atoms with van der Waals surface area (Å²) in [6.45, 7) is 1.82. The molecular formula is C18H22N3OS+. The van der Waals surface area contributed by atoms with Gasteiger partial charge in [0.25, 0.3) is 0 Å². The SMILES string of the molecule is COc1ccc2cc(C[NH+](C)Cn3ccn(C)c3=S)ccc2c1. The Morgan fingerprint density at radius 1 is 1.09 bits per heavy atom. The van der Waals surface area contributed by atoms with Crippen molar-refractivity contribution in [1.82, 2.24) is 9.13 Å². The summed E-state index contributed by atoms with van der Waals surface area (Å²) in [7, 11) is 5.86. The Balaban J connectivity index is 1.75. The third-order valence-electron chi connectivity index (χ3n) is 4.08. The highest BCUT2D eigenvalue weighted by atomic mass is 32.1. The van der Waals surface area contributed by atoms with Crippen molar-refractivity contribution in [2.75, 3.05) is 14.2 Å². The van der Waals surface area contributed by atoms with Crippen LogP contribution in [0.15, 0.2) is 48.8 Å². The van der Waals surface area contributed by atoms with Crippen LogP contribution in [-0.2, 0) is 20.3 Å². The molecule has 120 valence electrons. The number of fused-ring (bicyclic) bond motifs is 1. The van der Waals surface area contributed by atoms with Crippen molar-refractivity contribution in [1.29, 1.82) is 0 Å². The number of hydrogen-bond donors (Lipinski definition) is 1. The van der Waals surface area contributed by atoms with Crippen molar-refractivity contribution < 1.29 is 9.64 Å². The molecule has 2 aromatic carbocycles. The maximum Gasteiger partial charge on any atom is 0.183 e. The van der Waals surface area contributed by atoms with Crippen LogP contribution in [0.25, 0.3) is 10.8 Å². The molecule has 0 amide bonds. The van der Waals surface area contributed by atoms with Crippen molar-refractivity contribution in [3.63, 3.8) is 0 Å². The molecule has 1 unspecified atom stereocenters. The van der Waals surface area contributed by atoms with Gasteiger partial charge in [-0.3, -0.25) is 4.57 Å². The lowest BCUT2D eigenvalue weighted by Gasteiger charge is -2.15. The highest BCUT2D eigenvalue weighted by molar-refractivity contribution is 7.71. The number of nitrogens with one attached hydrogen (secondary N) is 1. The standard InChI is InChI=1S/C18H21N3OS/c1-19(13-21-9-8-20(2)18(21)23)12-14-4-5-16-11-17(22-3)7-6-15(16)10-14/h4-11H,12-13H2,1-3H3/p+1. The number of imidazole rings is 1. The van der Waals surface area contributed by atoms with E-state index in [0.29, 0.717) is 0 Å². The molecule has 3 rings (SSSR count). The van der Waals surface area contributed by atoms with Gasteiger partial charge in [-0.2, -0.15) is 0 Å². The first-order chi connectivity index (χ1) is 11.1. The molecule has 0 radical (unpaired) electrons. The van der Waals surface area contributed by atoms with E-state index in [0.717, 1.165) is 23.7 Å². The number of ether oxygens (including phenoxy) is 1. The Kier molecular flexibility index (Phi) is 4.50. The van der Waals surface area contributed by atoms with Gasteiger partial charge in [0.15, 0.2) is 11.4 Å². The molecule has 0 fully saturated rings. The minimum atomic E-state index is 0.856. The first-order valence-corrected chi connectivity index (χ1v) is 8.07. The highest BCUT2D eigenvalue weighted by Crippen LogP contribution is 2.21. The number of aromatic nitrogens is 2. The summed E-state index contributed by atoms with van der Waals surface area (Å²) in [5.41, 5.74) is 1.32. The smallest absolute Gasteiger partial charge is 0.183 e. The van der Waals surface area contributed by atoms with Gasteiger partial charge in [-0.15, -0.1) is 0 Å². The number of benzene rings is 2. The van der Waals surface area contributed by atoms with Gasteiger partial charge < -0.3 is 14.2 Å². The molecule has 4 nitrogen and oxygen atoms in total. The summed E-state index contributed by atoms with van der Waals surface area (Å²) < 4.78 is 10.2. The van der Waals surface area contributed by atoms with E-state index in [-0.39, 0.29) is 0 Å². The molecule has 3 aromatic rings. The number of methoxy groups -OCH3 is 1. The van der Waals surface area contributed by atoms with E-state index < -0.39 is 0 Å². The molecular weight excluding hydrogens is 306 g/mol. The molecule has 0 aliphatic rings. The average molecular weight is 328 g/mol. The monoisotopic (exact) mass is 328 g/mol. The minimum absolute atomic E-state index is 0.856. The van der Waals surface area contributed by atoms with E-state index >= 15 is 0 Å². The molecule has 1 heterocycles. The number of aryl methyl sites for hydroxylation is 1. The molecule has 0 saturated carbocycles. The third-order valence-corrected chi connectivity index (χ3v) is 4.60. The fourth-order valence-corrected chi connectivity index (χ4v) is 3.02. The molecule has 5 heteroatoms. The Labute approximate surface area is 141 Å². The van der Waals surface area contributed by atoms with E-state index in [1.54, 1.807) is 7.11 Å². The van der Waals surface area contributed by atoms with Gasteiger partial charge in [-0.25, -0.2) is 0 Å². The van der Waals surface area contributed by atoms with Crippen molar-refractivity contribution >= 4 is 23.0 Å². The first kappa shape index (κ1) is 15.8. The molecule has 0 spiro atoms. The topological polar surface area (TPSA) is 23.5 Å². The summed E-state index contributed by atoms with van der Waals surface area (Å²) in [4.78, 5) is 1.39. The van der Waals surface area contributed by atoms with E-state index in [9.17, 15) is 0 Å². The number of hydrogen-bond acceptors (Lipinski definition) is 2. The molecule has 0 aliphatic carbocycles. The maximum absolute atomic E-state index is 5.40. The van der Waals surface area contributed by atoms with Gasteiger partial charge in [0.05, 0.1) is 14.2 Å². The predicted octanol–water partition coefficient (Wildman–Crippen LogP) is 2.39. The summed E-state index contributed by atoms with van der Waals surface area (Å²) >= 11 is 5.40. The van der Waals surface area contributed by atoms with Gasteiger partial charge in [0.2, 0.25) is 0 Å². The van der Waals surface area contributed by atoms with Crippen LogP contribution in [0.4, 0.5) is 0 Å². The molecule has 23 heavy (non-hydrogen) atoms. The lowest BCUT2D eigenvalue weighted by molar-refractivity contribution is -0.917. The minimum Gasteiger partial charge on any atom is -0.497 e. The lowest BCUT2D eigenvalue weighted by Crippen LogP contribution is -3.06. The van der Waals surface area contributed by atoms with Crippen LogP contribution in [0.2, 0.25) is 0 Å². The molecule has 0 aliphatic heterocycles. The van der Waals surface area contributed by atoms with Gasteiger partial charge in [0, 0.05) is 25.0 Å². The highest BCUT2D eigenvalue weighted by Gasteiger charge is 2.07. The van der Waals surface area contributed by atoms with Gasteiger partial charge in [-0.05, 0) is 41.2 Å². The Hall–Kier alpha value is -2.11. The quantitative estimate of drug-likeness (QED) is 0.727. The van der Waals surface area contributed by atoms with Gasteiger partial charge >= 0.3 is 0 Å².